The Morgan fingerprint density at radius 1 is 1.19 bits per heavy atom. The normalized spacial score (nSPS) is 14.1. The van der Waals surface area contributed by atoms with Crippen LogP contribution in [-0.2, 0) is 4.79 Å². The molecule has 0 bridgehead atoms. The van der Waals surface area contributed by atoms with Crippen LogP contribution in [0.2, 0.25) is 0 Å². The Morgan fingerprint density at radius 3 is 2.70 bits per heavy atom. The number of nitrogens with zero attached hydrogens (tertiary/aromatic N) is 3. The van der Waals surface area contributed by atoms with Crippen molar-refractivity contribution in [1.82, 2.24) is 9.88 Å². The number of benzene rings is 2. The minimum Gasteiger partial charge on any atom is -0.324 e. The van der Waals surface area contributed by atoms with Gasteiger partial charge in [-0.25, -0.2) is 13.8 Å². The molecule has 4 rings (SSSR count). The van der Waals surface area contributed by atoms with Crippen molar-refractivity contribution in [3.8, 4) is 0 Å². The molecule has 5 nitrogen and oxygen atoms in total. The predicted molar refractivity (Wildman–Crippen MR) is 98.6 cm³/mol. The average molecular weight is 387 g/mol. The van der Waals surface area contributed by atoms with Crippen LogP contribution in [0.5, 0.6) is 0 Å². The summed E-state index contributed by atoms with van der Waals surface area (Å²) in [5.41, 5.74) is 0.730. The SMILES string of the molecule is O=C1CCCN1CN(C(=O)c1ccc(F)c(F)c1)c1nc2ccccc2s1. The Morgan fingerprint density at radius 2 is 2.00 bits per heavy atom. The maximum absolute atomic E-state index is 13.6. The molecular weight excluding hydrogens is 372 g/mol. The van der Waals surface area contributed by atoms with Crippen molar-refractivity contribution in [2.24, 2.45) is 0 Å². The second-order valence-corrected chi connectivity index (χ2v) is 7.24. The molecule has 2 aromatic carbocycles. The van der Waals surface area contributed by atoms with Crippen LogP contribution in [0.3, 0.4) is 0 Å². The van der Waals surface area contributed by atoms with E-state index in [1.165, 1.54) is 22.3 Å². The summed E-state index contributed by atoms with van der Waals surface area (Å²) in [7, 11) is 0. The second-order valence-electron chi connectivity index (χ2n) is 6.23. The van der Waals surface area contributed by atoms with Gasteiger partial charge in [-0.2, -0.15) is 0 Å². The number of fused-ring (bicyclic) bond motifs is 1. The molecule has 1 aliphatic heterocycles. The van der Waals surface area contributed by atoms with Gasteiger partial charge < -0.3 is 4.90 Å². The Balaban J connectivity index is 1.73. The van der Waals surface area contributed by atoms with E-state index in [1.54, 1.807) is 4.90 Å². The molecule has 2 heterocycles. The largest absolute Gasteiger partial charge is 0.324 e. The molecule has 1 aliphatic rings. The number of likely N-dealkylation sites (tertiary alicyclic amines) is 1. The molecule has 0 aliphatic carbocycles. The number of aromatic nitrogens is 1. The number of thiazole rings is 1. The molecule has 0 atom stereocenters. The van der Waals surface area contributed by atoms with Gasteiger partial charge in [0.05, 0.1) is 10.2 Å². The summed E-state index contributed by atoms with van der Waals surface area (Å²) in [4.78, 5) is 32.5. The van der Waals surface area contributed by atoms with Crippen molar-refractivity contribution in [2.45, 2.75) is 12.8 Å². The van der Waals surface area contributed by atoms with Gasteiger partial charge in [0, 0.05) is 18.5 Å². The van der Waals surface area contributed by atoms with E-state index in [-0.39, 0.29) is 18.1 Å². The summed E-state index contributed by atoms with van der Waals surface area (Å²) in [6.07, 6.45) is 1.17. The van der Waals surface area contributed by atoms with Gasteiger partial charge in [0.15, 0.2) is 16.8 Å². The summed E-state index contributed by atoms with van der Waals surface area (Å²) < 4.78 is 27.7. The maximum atomic E-state index is 13.6. The fourth-order valence-corrected chi connectivity index (χ4v) is 3.95. The molecule has 1 saturated heterocycles. The van der Waals surface area contributed by atoms with E-state index in [2.05, 4.69) is 4.98 Å². The first-order valence-corrected chi connectivity index (χ1v) is 9.25. The maximum Gasteiger partial charge on any atom is 0.261 e. The third kappa shape index (κ3) is 3.40. The van der Waals surface area contributed by atoms with Crippen LogP contribution in [-0.4, -0.2) is 34.9 Å². The van der Waals surface area contributed by atoms with Crippen molar-refractivity contribution in [3.63, 3.8) is 0 Å². The summed E-state index contributed by atoms with van der Waals surface area (Å²) >= 11 is 1.31. The zero-order valence-electron chi connectivity index (χ0n) is 14.2. The Hall–Kier alpha value is -2.87. The van der Waals surface area contributed by atoms with E-state index in [0.29, 0.717) is 18.1 Å². The fourth-order valence-electron chi connectivity index (χ4n) is 3.00. The molecular formula is C19H15F2N3O2S. The monoisotopic (exact) mass is 387 g/mol. The number of amides is 2. The highest BCUT2D eigenvalue weighted by Gasteiger charge is 2.28. The molecule has 0 N–H and O–H groups in total. The zero-order chi connectivity index (χ0) is 19.0. The minimum atomic E-state index is -1.10. The molecule has 0 unspecified atom stereocenters. The molecule has 27 heavy (non-hydrogen) atoms. The third-order valence-corrected chi connectivity index (χ3v) is 5.47. The number of hydrogen-bond acceptors (Lipinski definition) is 4. The van der Waals surface area contributed by atoms with Crippen molar-refractivity contribution in [1.29, 1.82) is 0 Å². The van der Waals surface area contributed by atoms with Crippen molar-refractivity contribution < 1.29 is 18.4 Å². The van der Waals surface area contributed by atoms with E-state index in [1.807, 2.05) is 24.3 Å². The highest BCUT2D eigenvalue weighted by molar-refractivity contribution is 7.22. The molecule has 0 saturated carbocycles. The van der Waals surface area contributed by atoms with Gasteiger partial charge in [0.2, 0.25) is 5.91 Å². The van der Waals surface area contributed by atoms with Gasteiger partial charge in [-0.3, -0.25) is 14.5 Å². The molecule has 2 amide bonds. The highest BCUT2D eigenvalue weighted by Crippen LogP contribution is 2.30. The quantitative estimate of drug-likeness (QED) is 0.684. The lowest BCUT2D eigenvalue weighted by Gasteiger charge is -2.26. The molecule has 138 valence electrons. The first-order chi connectivity index (χ1) is 13.0. The molecule has 1 aromatic heterocycles. The number of anilines is 1. The van der Waals surface area contributed by atoms with E-state index in [9.17, 15) is 18.4 Å². The van der Waals surface area contributed by atoms with Gasteiger partial charge in [-0.05, 0) is 36.8 Å². The molecule has 0 spiro atoms. The van der Waals surface area contributed by atoms with Gasteiger partial charge in [-0.1, -0.05) is 23.5 Å². The van der Waals surface area contributed by atoms with Crippen molar-refractivity contribution in [3.05, 3.63) is 59.7 Å². The molecule has 8 heteroatoms. The Labute approximate surface area is 157 Å². The lowest BCUT2D eigenvalue weighted by Crippen LogP contribution is -2.42. The average Bonchev–Trinajstić information content (AvgIpc) is 3.27. The van der Waals surface area contributed by atoms with E-state index in [4.69, 9.17) is 0 Å². The highest BCUT2D eigenvalue weighted by atomic mass is 32.1. The predicted octanol–water partition coefficient (Wildman–Crippen LogP) is 3.80. The topological polar surface area (TPSA) is 53.5 Å². The first-order valence-electron chi connectivity index (χ1n) is 8.43. The summed E-state index contributed by atoms with van der Waals surface area (Å²) in [5.74, 6) is -2.69. The molecule has 0 radical (unpaired) electrons. The number of halogens is 2. The van der Waals surface area contributed by atoms with Crippen molar-refractivity contribution >= 4 is 38.5 Å². The van der Waals surface area contributed by atoms with E-state index in [0.717, 1.165) is 28.8 Å². The van der Waals surface area contributed by atoms with Crippen LogP contribution < -0.4 is 4.90 Å². The van der Waals surface area contributed by atoms with Crippen LogP contribution in [0.4, 0.5) is 13.9 Å². The summed E-state index contributed by atoms with van der Waals surface area (Å²) in [5, 5.41) is 0.408. The molecule has 1 fully saturated rings. The molecule has 3 aromatic rings. The van der Waals surface area contributed by atoms with Gasteiger partial charge in [0.1, 0.15) is 6.67 Å². The van der Waals surface area contributed by atoms with Gasteiger partial charge >= 0.3 is 0 Å². The fraction of sp³-hybridized carbons (Fsp3) is 0.211. The lowest BCUT2D eigenvalue weighted by atomic mass is 10.2. The van der Waals surface area contributed by atoms with Crippen LogP contribution in [0.25, 0.3) is 10.2 Å². The van der Waals surface area contributed by atoms with E-state index < -0.39 is 17.5 Å². The van der Waals surface area contributed by atoms with Crippen LogP contribution in [0, 0.1) is 11.6 Å². The number of hydrogen-bond donors (Lipinski definition) is 0. The number of rotatable bonds is 4. The van der Waals surface area contributed by atoms with Crippen molar-refractivity contribution in [2.75, 3.05) is 18.1 Å². The first kappa shape index (κ1) is 17.5. The second kappa shape index (κ2) is 7.03. The third-order valence-electron chi connectivity index (χ3n) is 4.41. The zero-order valence-corrected chi connectivity index (χ0v) is 15.0. The van der Waals surface area contributed by atoms with Gasteiger partial charge in [-0.15, -0.1) is 0 Å². The minimum absolute atomic E-state index is 0.000183. The van der Waals surface area contributed by atoms with Gasteiger partial charge in [0.25, 0.3) is 5.91 Å². The number of carbonyl (C=O) groups is 2. The number of carbonyl (C=O) groups excluding carboxylic acids is 2. The smallest absolute Gasteiger partial charge is 0.261 e. The Bertz CT molecular complexity index is 1000. The summed E-state index contributed by atoms with van der Waals surface area (Å²) in [6, 6.07) is 10.4. The summed E-state index contributed by atoms with van der Waals surface area (Å²) in [6.45, 7) is 0.571. The Kier molecular flexibility index (Phi) is 4.57. The van der Waals surface area contributed by atoms with Crippen LogP contribution >= 0.6 is 11.3 Å². The van der Waals surface area contributed by atoms with E-state index >= 15 is 0 Å². The van der Waals surface area contributed by atoms with Crippen LogP contribution in [0.1, 0.15) is 23.2 Å². The standard InChI is InChI=1S/C19H15F2N3O2S/c20-13-8-7-12(10-14(13)21)18(26)24(11-23-9-3-6-17(23)25)19-22-15-4-1-2-5-16(15)27-19/h1-2,4-5,7-8,10H,3,6,9,11H2. The van der Waals surface area contributed by atoms with Crippen LogP contribution in [0.15, 0.2) is 42.5 Å². The lowest BCUT2D eigenvalue weighted by molar-refractivity contribution is -0.127. The number of para-hydroxylation sites is 1.